The Hall–Kier alpha value is 0.520. The maximum absolute atomic E-state index is 9.56. The van der Waals surface area contributed by atoms with Gasteiger partial charge in [0.15, 0.2) is 0 Å². The van der Waals surface area contributed by atoms with Gasteiger partial charge in [0.05, 0.1) is 5.75 Å². The van der Waals surface area contributed by atoms with Crippen LogP contribution in [0.2, 0.25) is 0 Å². The van der Waals surface area contributed by atoms with Crippen LogP contribution in [0.25, 0.3) is 0 Å². The third-order valence-electron chi connectivity index (χ3n) is 0.767. The van der Waals surface area contributed by atoms with Crippen LogP contribution in [0.1, 0.15) is 20.3 Å². The third kappa shape index (κ3) is 31.3. The zero-order valence-corrected chi connectivity index (χ0v) is 10.8. The van der Waals surface area contributed by atoms with Gasteiger partial charge in [-0.1, -0.05) is 6.92 Å². The first-order chi connectivity index (χ1) is 4.97. The smallest absolute Gasteiger partial charge is 0.286 e. The van der Waals surface area contributed by atoms with E-state index in [0.29, 0.717) is 0 Å². The summed E-state index contributed by atoms with van der Waals surface area (Å²) in [6.07, 6.45) is 4.92. The summed E-state index contributed by atoms with van der Waals surface area (Å²) in [4.78, 5) is 0. The van der Waals surface area contributed by atoms with Gasteiger partial charge in [0, 0.05) is 0 Å². The fraction of sp³-hybridized carbons (Fsp3) is 0.571. The number of hydrogen-bond donors (Lipinski definition) is 1. The Morgan fingerprint density at radius 2 is 1.83 bits per heavy atom. The standard InChI is InChI=1S/C5H9.C2H6O3S.Na/c1-3-5-4-2;1-2-6(3,4)5;/h3,5H,1,4H2,2H3;2H2,1H3,(H,3,4,5);/q-1;;+1. The average molecular weight is 202 g/mol. The summed E-state index contributed by atoms with van der Waals surface area (Å²) >= 11 is 0. The molecule has 0 aromatic heterocycles. The van der Waals surface area contributed by atoms with Crippen molar-refractivity contribution in [3.05, 3.63) is 19.1 Å². The zero-order valence-electron chi connectivity index (χ0n) is 7.95. The summed E-state index contributed by atoms with van der Waals surface area (Å²) in [5, 5.41) is 0. The van der Waals surface area contributed by atoms with E-state index in [1.807, 2.05) is 6.42 Å². The van der Waals surface area contributed by atoms with E-state index in [4.69, 9.17) is 4.55 Å². The molecule has 0 aromatic carbocycles. The van der Waals surface area contributed by atoms with Crippen LogP contribution >= 0.6 is 0 Å². The summed E-state index contributed by atoms with van der Waals surface area (Å²) in [7, 11) is -3.66. The molecular formula is C7H15NaO3S. The molecule has 0 saturated carbocycles. The van der Waals surface area contributed by atoms with Crippen LogP contribution in [-0.2, 0) is 10.1 Å². The number of unbranched alkanes of at least 4 members (excludes halogenated alkanes) is 1. The number of hydrogen-bond acceptors (Lipinski definition) is 2. The molecule has 0 saturated heterocycles. The number of rotatable bonds is 3. The van der Waals surface area contributed by atoms with Crippen LogP contribution in [0.3, 0.4) is 0 Å². The minimum Gasteiger partial charge on any atom is -0.286 e. The second kappa shape index (κ2) is 11.5. The van der Waals surface area contributed by atoms with Crippen molar-refractivity contribution >= 4 is 10.1 Å². The van der Waals surface area contributed by atoms with Gasteiger partial charge in [0.25, 0.3) is 10.1 Å². The molecule has 0 unspecified atom stereocenters. The third-order valence-corrected chi connectivity index (χ3v) is 1.50. The van der Waals surface area contributed by atoms with Crippen molar-refractivity contribution in [2.24, 2.45) is 0 Å². The Morgan fingerprint density at radius 3 is 1.83 bits per heavy atom. The van der Waals surface area contributed by atoms with Crippen molar-refractivity contribution in [3.8, 4) is 0 Å². The van der Waals surface area contributed by atoms with E-state index >= 15 is 0 Å². The summed E-state index contributed by atoms with van der Waals surface area (Å²) < 4.78 is 26.9. The molecule has 0 aromatic rings. The summed E-state index contributed by atoms with van der Waals surface area (Å²) in [5.41, 5.74) is 0. The Kier molecular flexibility index (Phi) is 17.6. The second-order valence-corrected chi connectivity index (χ2v) is 3.49. The fourth-order valence-corrected chi connectivity index (χ4v) is 0.167. The van der Waals surface area contributed by atoms with Crippen LogP contribution in [0.15, 0.2) is 12.7 Å². The Balaban J connectivity index is -0.000000126. The van der Waals surface area contributed by atoms with Crippen LogP contribution in [-0.4, -0.2) is 18.7 Å². The molecule has 0 bridgehead atoms. The largest absolute Gasteiger partial charge is 1.00 e. The van der Waals surface area contributed by atoms with Crippen molar-refractivity contribution in [2.45, 2.75) is 20.3 Å². The van der Waals surface area contributed by atoms with Gasteiger partial charge in [-0.2, -0.15) is 8.42 Å². The van der Waals surface area contributed by atoms with Crippen LogP contribution < -0.4 is 29.6 Å². The molecule has 1 N–H and O–H groups in total. The Labute approximate surface area is 97.3 Å². The van der Waals surface area contributed by atoms with E-state index in [0.717, 1.165) is 6.42 Å². The summed E-state index contributed by atoms with van der Waals surface area (Å²) in [6, 6.07) is 0. The molecule has 12 heavy (non-hydrogen) atoms. The first-order valence-electron chi connectivity index (χ1n) is 3.37. The van der Waals surface area contributed by atoms with Gasteiger partial charge < -0.3 is 0 Å². The van der Waals surface area contributed by atoms with E-state index in [1.54, 1.807) is 6.08 Å². The fourth-order valence-electron chi connectivity index (χ4n) is 0.167. The molecule has 5 heteroatoms. The van der Waals surface area contributed by atoms with Crippen molar-refractivity contribution in [2.75, 3.05) is 5.75 Å². The maximum Gasteiger partial charge on any atom is 1.00 e. The van der Waals surface area contributed by atoms with Gasteiger partial charge in [0.2, 0.25) is 0 Å². The quantitative estimate of drug-likeness (QED) is 0.351. The topological polar surface area (TPSA) is 54.4 Å². The predicted octanol–water partition coefficient (Wildman–Crippen LogP) is -1.32. The molecule has 0 aliphatic carbocycles. The molecule has 0 rings (SSSR count). The summed E-state index contributed by atoms with van der Waals surface area (Å²) in [6.45, 7) is 6.95. The molecule has 0 atom stereocenters. The maximum atomic E-state index is 9.56. The van der Waals surface area contributed by atoms with Crippen molar-refractivity contribution in [1.29, 1.82) is 0 Å². The van der Waals surface area contributed by atoms with Gasteiger partial charge in [-0.15, -0.1) is 6.42 Å². The van der Waals surface area contributed by atoms with Gasteiger partial charge in [0.1, 0.15) is 0 Å². The Morgan fingerprint density at radius 1 is 1.50 bits per heavy atom. The molecule has 0 spiro atoms. The summed E-state index contributed by atoms with van der Waals surface area (Å²) in [5.74, 6) is -0.201. The van der Waals surface area contributed by atoms with Crippen molar-refractivity contribution in [3.63, 3.8) is 0 Å². The zero-order chi connectivity index (χ0) is 9.33. The predicted molar refractivity (Wildman–Crippen MR) is 46.9 cm³/mol. The van der Waals surface area contributed by atoms with Crippen LogP contribution in [0.5, 0.6) is 0 Å². The van der Waals surface area contributed by atoms with Crippen molar-refractivity contribution in [1.82, 2.24) is 0 Å². The molecule has 68 valence electrons. The van der Waals surface area contributed by atoms with Gasteiger partial charge in [-0.3, -0.25) is 4.55 Å². The van der Waals surface area contributed by atoms with E-state index in [9.17, 15) is 8.42 Å². The molecular weight excluding hydrogens is 187 g/mol. The SMILES string of the molecule is C=C[CH-]CC.CCS(=O)(=O)O.[Na+]. The van der Waals surface area contributed by atoms with Gasteiger partial charge in [-0.05, 0) is 6.92 Å². The molecule has 0 radical (unpaired) electrons. The molecule has 0 aliphatic heterocycles. The van der Waals surface area contributed by atoms with Gasteiger partial charge >= 0.3 is 29.6 Å². The monoisotopic (exact) mass is 202 g/mol. The minimum atomic E-state index is -3.66. The second-order valence-electron chi connectivity index (χ2n) is 1.75. The molecule has 0 amide bonds. The van der Waals surface area contributed by atoms with E-state index in [2.05, 4.69) is 13.5 Å². The van der Waals surface area contributed by atoms with Crippen molar-refractivity contribution < 1.29 is 42.5 Å². The van der Waals surface area contributed by atoms with E-state index < -0.39 is 10.1 Å². The molecule has 3 nitrogen and oxygen atoms in total. The molecule has 0 heterocycles. The first kappa shape index (κ1) is 18.3. The van der Waals surface area contributed by atoms with E-state index in [1.165, 1.54) is 6.92 Å². The normalized spacial score (nSPS) is 8.58. The van der Waals surface area contributed by atoms with Crippen LogP contribution in [0, 0.1) is 6.42 Å². The number of allylic oxidation sites excluding steroid dienone is 1. The average Bonchev–Trinajstić information content (AvgIpc) is 1.90. The van der Waals surface area contributed by atoms with E-state index in [-0.39, 0.29) is 35.3 Å². The first-order valence-corrected chi connectivity index (χ1v) is 4.98. The minimum absolute atomic E-state index is 0. The van der Waals surface area contributed by atoms with Crippen LogP contribution in [0.4, 0.5) is 0 Å². The van der Waals surface area contributed by atoms with Gasteiger partial charge in [-0.25, -0.2) is 19.1 Å². The molecule has 0 aliphatic rings. The molecule has 0 fully saturated rings. The Bertz CT molecular complexity index is 175.